The molecule has 19 heavy (non-hydrogen) atoms. The third kappa shape index (κ3) is 5.45. The molecule has 0 heterocycles. The zero-order valence-electron chi connectivity index (χ0n) is 11.4. The van der Waals surface area contributed by atoms with E-state index in [0.29, 0.717) is 18.5 Å². The molecule has 1 aromatic rings. The van der Waals surface area contributed by atoms with Gasteiger partial charge in [0.15, 0.2) is 0 Å². The number of benzene rings is 1. The molecule has 0 fully saturated rings. The Morgan fingerprint density at radius 2 is 2.00 bits per heavy atom. The molecule has 1 N–H and O–H groups in total. The van der Waals surface area contributed by atoms with E-state index in [1.54, 1.807) is 18.2 Å². The van der Waals surface area contributed by atoms with Crippen LogP contribution in [0.15, 0.2) is 22.7 Å². The van der Waals surface area contributed by atoms with Crippen molar-refractivity contribution in [1.29, 1.82) is 0 Å². The quantitative estimate of drug-likeness (QED) is 0.787. The first kappa shape index (κ1) is 16.4. The minimum Gasteiger partial charge on any atom is -0.434 e. The van der Waals surface area contributed by atoms with E-state index in [0.717, 1.165) is 16.5 Å². The van der Waals surface area contributed by atoms with Crippen LogP contribution in [0.2, 0.25) is 0 Å². The molecule has 0 spiro atoms. The fourth-order valence-electron chi connectivity index (χ4n) is 1.99. The number of alkyl halides is 2. The van der Waals surface area contributed by atoms with Gasteiger partial charge < -0.3 is 10.1 Å². The minimum atomic E-state index is -2.80. The summed E-state index contributed by atoms with van der Waals surface area (Å²) in [7, 11) is 0. The van der Waals surface area contributed by atoms with Gasteiger partial charge in [-0.1, -0.05) is 36.7 Å². The highest BCUT2D eigenvalue weighted by molar-refractivity contribution is 9.10. The summed E-state index contributed by atoms with van der Waals surface area (Å²) in [6, 6.07) is 5.42. The normalized spacial score (nSPS) is 13.1. The Balaban J connectivity index is 2.77. The van der Waals surface area contributed by atoms with Crippen molar-refractivity contribution in [3.8, 4) is 5.75 Å². The molecule has 0 bridgehead atoms. The summed E-state index contributed by atoms with van der Waals surface area (Å²) in [5.41, 5.74) is 0.730. The van der Waals surface area contributed by atoms with Gasteiger partial charge in [-0.05, 0) is 30.5 Å². The average molecular weight is 336 g/mol. The lowest BCUT2D eigenvalue weighted by molar-refractivity contribution is -0.0505. The van der Waals surface area contributed by atoms with E-state index in [9.17, 15) is 8.78 Å². The summed E-state index contributed by atoms with van der Waals surface area (Å²) in [5, 5.41) is 3.38. The van der Waals surface area contributed by atoms with Gasteiger partial charge in [-0.15, -0.1) is 0 Å². The molecule has 0 radical (unpaired) electrons. The van der Waals surface area contributed by atoms with Crippen LogP contribution in [0, 0.1) is 5.92 Å². The second-order valence-electron chi connectivity index (χ2n) is 4.77. The summed E-state index contributed by atoms with van der Waals surface area (Å²) in [4.78, 5) is 0. The van der Waals surface area contributed by atoms with E-state index >= 15 is 0 Å². The molecule has 5 heteroatoms. The van der Waals surface area contributed by atoms with Crippen molar-refractivity contribution in [2.24, 2.45) is 5.92 Å². The summed E-state index contributed by atoms with van der Waals surface area (Å²) < 4.78 is 30.1. The molecule has 1 rings (SSSR count). The van der Waals surface area contributed by atoms with E-state index in [4.69, 9.17) is 0 Å². The second-order valence-corrected chi connectivity index (χ2v) is 5.69. The highest BCUT2D eigenvalue weighted by Crippen LogP contribution is 2.25. The van der Waals surface area contributed by atoms with Gasteiger partial charge in [0.2, 0.25) is 0 Å². The van der Waals surface area contributed by atoms with Crippen LogP contribution in [0.4, 0.5) is 8.78 Å². The van der Waals surface area contributed by atoms with Crippen molar-refractivity contribution < 1.29 is 13.5 Å². The summed E-state index contributed by atoms with van der Waals surface area (Å²) in [6.45, 7) is 4.09. The van der Waals surface area contributed by atoms with E-state index in [-0.39, 0.29) is 5.75 Å². The molecular weight excluding hydrogens is 316 g/mol. The number of nitrogens with one attached hydrogen (secondary N) is 1. The average Bonchev–Trinajstić information content (AvgIpc) is 2.32. The molecule has 0 aliphatic carbocycles. The van der Waals surface area contributed by atoms with Crippen LogP contribution in [-0.4, -0.2) is 12.7 Å². The van der Waals surface area contributed by atoms with Gasteiger partial charge in [-0.3, -0.25) is 0 Å². The summed E-state index contributed by atoms with van der Waals surface area (Å²) in [6.07, 6.45) is 0.997. The van der Waals surface area contributed by atoms with Gasteiger partial charge in [0.05, 0.1) is 0 Å². The zero-order valence-corrected chi connectivity index (χ0v) is 13.0. The molecule has 0 saturated heterocycles. The van der Waals surface area contributed by atoms with Crippen molar-refractivity contribution >= 4 is 15.9 Å². The molecule has 0 aromatic heterocycles. The molecule has 1 unspecified atom stereocenters. The van der Waals surface area contributed by atoms with Crippen LogP contribution in [0.1, 0.15) is 32.8 Å². The Kier molecular flexibility index (Phi) is 6.72. The lowest BCUT2D eigenvalue weighted by Crippen LogP contribution is -2.32. The Labute approximate surface area is 121 Å². The fraction of sp³-hybridized carbons (Fsp3) is 0.571. The molecule has 2 nitrogen and oxygen atoms in total. The van der Waals surface area contributed by atoms with Crippen molar-refractivity contribution in [3.05, 3.63) is 28.2 Å². The Hall–Kier alpha value is -0.680. The van der Waals surface area contributed by atoms with Crippen LogP contribution in [0.5, 0.6) is 5.75 Å². The standard InChI is InChI=1S/C14H20BrF2NO/c1-4-12(9(2)3)18-8-10-7-11(15)5-6-13(10)19-14(16)17/h5-7,9,12,14,18H,4,8H2,1-3H3. The van der Waals surface area contributed by atoms with E-state index in [1.807, 2.05) is 0 Å². The van der Waals surface area contributed by atoms with Gasteiger partial charge in [-0.2, -0.15) is 8.78 Å². The topological polar surface area (TPSA) is 21.3 Å². The maximum atomic E-state index is 12.3. The van der Waals surface area contributed by atoms with Crippen LogP contribution in [0.25, 0.3) is 0 Å². The second kappa shape index (κ2) is 7.80. The summed E-state index contributed by atoms with van der Waals surface area (Å²) in [5.74, 6) is 0.723. The van der Waals surface area contributed by atoms with Crippen molar-refractivity contribution in [1.82, 2.24) is 5.32 Å². The van der Waals surface area contributed by atoms with Crippen LogP contribution >= 0.6 is 15.9 Å². The maximum absolute atomic E-state index is 12.3. The first-order valence-corrected chi connectivity index (χ1v) is 7.20. The Morgan fingerprint density at radius 3 is 2.53 bits per heavy atom. The monoisotopic (exact) mass is 335 g/mol. The van der Waals surface area contributed by atoms with Crippen LogP contribution < -0.4 is 10.1 Å². The predicted molar refractivity (Wildman–Crippen MR) is 76.5 cm³/mol. The smallest absolute Gasteiger partial charge is 0.387 e. The molecular formula is C14H20BrF2NO. The highest BCUT2D eigenvalue weighted by atomic mass is 79.9. The third-order valence-corrected chi connectivity index (χ3v) is 3.53. The van der Waals surface area contributed by atoms with Gasteiger partial charge in [0, 0.05) is 22.6 Å². The van der Waals surface area contributed by atoms with Crippen molar-refractivity contribution in [2.75, 3.05) is 0 Å². The number of ether oxygens (including phenoxy) is 1. The number of rotatable bonds is 7. The van der Waals surface area contributed by atoms with Crippen molar-refractivity contribution in [2.45, 2.75) is 46.4 Å². The molecule has 0 saturated carbocycles. The minimum absolute atomic E-state index is 0.226. The molecule has 1 atom stereocenters. The molecule has 0 aliphatic heterocycles. The first-order chi connectivity index (χ1) is 8.93. The first-order valence-electron chi connectivity index (χ1n) is 6.40. The number of halogens is 3. The number of hydrogen-bond donors (Lipinski definition) is 1. The van der Waals surface area contributed by atoms with Crippen LogP contribution in [0.3, 0.4) is 0 Å². The molecule has 0 aliphatic rings. The van der Waals surface area contributed by atoms with E-state index in [1.165, 1.54) is 0 Å². The lowest BCUT2D eigenvalue weighted by atomic mass is 10.0. The fourth-order valence-corrected chi connectivity index (χ4v) is 2.40. The summed E-state index contributed by atoms with van der Waals surface area (Å²) >= 11 is 3.34. The Morgan fingerprint density at radius 1 is 1.32 bits per heavy atom. The van der Waals surface area contributed by atoms with Crippen molar-refractivity contribution in [3.63, 3.8) is 0 Å². The van der Waals surface area contributed by atoms with Gasteiger partial charge in [0.1, 0.15) is 5.75 Å². The molecule has 108 valence electrons. The Bertz CT molecular complexity index is 399. The van der Waals surface area contributed by atoms with E-state index in [2.05, 4.69) is 46.8 Å². The van der Waals surface area contributed by atoms with Gasteiger partial charge in [-0.25, -0.2) is 0 Å². The van der Waals surface area contributed by atoms with Gasteiger partial charge >= 0.3 is 6.61 Å². The van der Waals surface area contributed by atoms with Gasteiger partial charge in [0.25, 0.3) is 0 Å². The van der Waals surface area contributed by atoms with E-state index < -0.39 is 6.61 Å². The zero-order chi connectivity index (χ0) is 14.4. The highest BCUT2D eigenvalue weighted by Gasteiger charge is 2.14. The van der Waals surface area contributed by atoms with Crippen LogP contribution in [-0.2, 0) is 6.54 Å². The third-order valence-electron chi connectivity index (χ3n) is 3.04. The predicted octanol–water partition coefficient (Wildman–Crippen LogP) is 4.57. The molecule has 0 amide bonds. The number of hydrogen-bond acceptors (Lipinski definition) is 2. The SMILES string of the molecule is CCC(NCc1cc(Br)ccc1OC(F)F)C(C)C. The molecule has 1 aromatic carbocycles. The largest absolute Gasteiger partial charge is 0.434 e. The lowest BCUT2D eigenvalue weighted by Gasteiger charge is -2.21. The maximum Gasteiger partial charge on any atom is 0.387 e.